The highest BCUT2D eigenvalue weighted by molar-refractivity contribution is 8.76. The Morgan fingerprint density at radius 2 is 1.29 bits per heavy atom. The Balaban J connectivity index is 1.38. The molecule has 0 aromatic carbocycles. The molecule has 2 aromatic rings. The van der Waals surface area contributed by atoms with Gasteiger partial charge in [-0.15, -0.1) is 0 Å². The Morgan fingerprint density at radius 3 is 1.67 bits per heavy atom. The van der Waals surface area contributed by atoms with E-state index in [4.69, 9.17) is 9.47 Å². The number of nitrogens with zero attached hydrogens (tertiary/aromatic N) is 4. The molecule has 24 heavy (non-hydrogen) atoms. The second-order valence-corrected chi connectivity index (χ2v) is 7.22. The topological polar surface area (TPSA) is 88.2 Å². The molecule has 0 aliphatic carbocycles. The second kappa shape index (κ2) is 10.8. The minimum Gasteiger partial charge on any atom is -0.449 e. The molecule has 0 saturated carbocycles. The third-order valence-corrected chi connectivity index (χ3v) is 5.29. The predicted octanol–water partition coefficient (Wildman–Crippen LogP) is 2.91. The lowest BCUT2D eigenvalue weighted by atomic mass is 10.5. The van der Waals surface area contributed by atoms with Crippen LogP contribution >= 0.6 is 21.6 Å². The second-order valence-electron chi connectivity index (χ2n) is 4.52. The molecule has 0 aliphatic heterocycles. The molecule has 0 amide bonds. The van der Waals surface area contributed by atoms with Crippen molar-refractivity contribution in [3.63, 3.8) is 0 Å². The molecule has 2 heterocycles. The number of hydrogen-bond acceptors (Lipinski definition) is 8. The van der Waals surface area contributed by atoms with Gasteiger partial charge in [-0.05, 0) is 12.8 Å². The molecule has 10 heteroatoms. The first-order valence-electron chi connectivity index (χ1n) is 7.32. The Hall–Kier alpha value is -1.94. The Bertz CT molecular complexity index is 550. The summed E-state index contributed by atoms with van der Waals surface area (Å²) in [5, 5.41) is 0. The maximum atomic E-state index is 11.5. The van der Waals surface area contributed by atoms with E-state index in [1.54, 1.807) is 34.0 Å². The van der Waals surface area contributed by atoms with E-state index >= 15 is 0 Å². The van der Waals surface area contributed by atoms with Crippen LogP contribution in [0.2, 0.25) is 0 Å². The van der Waals surface area contributed by atoms with E-state index in [1.807, 2.05) is 0 Å². The van der Waals surface area contributed by atoms with Crippen LogP contribution in [0.1, 0.15) is 12.8 Å². The number of aromatic nitrogens is 4. The van der Waals surface area contributed by atoms with E-state index in [1.165, 1.54) is 34.2 Å². The molecule has 0 atom stereocenters. The van der Waals surface area contributed by atoms with E-state index in [0.29, 0.717) is 13.2 Å². The van der Waals surface area contributed by atoms with Crippen molar-refractivity contribution in [3.8, 4) is 0 Å². The van der Waals surface area contributed by atoms with Gasteiger partial charge in [-0.25, -0.2) is 28.7 Å². The van der Waals surface area contributed by atoms with Crippen LogP contribution in [0.5, 0.6) is 0 Å². The fourth-order valence-corrected chi connectivity index (χ4v) is 3.68. The molecule has 2 rings (SSSR count). The van der Waals surface area contributed by atoms with Gasteiger partial charge in [0.25, 0.3) is 0 Å². The molecule has 0 aliphatic rings. The van der Waals surface area contributed by atoms with Gasteiger partial charge in [-0.2, -0.15) is 0 Å². The van der Waals surface area contributed by atoms with E-state index in [2.05, 4.69) is 9.97 Å². The van der Waals surface area contributed by atoms with Gasteiger partial charge < -0.3 is 9.47 Å². The summed E-state index contributed by atoms with van der Waals surface area (Å²) in [6.07, 6.45) is 9.72. The van der Waals surface area contributed by atoms with Crippen LogP contribution in [-0.2, 0) is 9.47 Å². The number of carbonyl (C=O) groups excluding carboxylic acids is 2. The molecule has 0 fully saturated rings. The van der Waals surface area contributed by atoms with Crippen molar-refractivity contribution in [3.05, 3.63) is 37.4 Å². The van der Waals surface area contributed by atoms with Crippen LogP contribution < -0.4 is 0 Å². The minimum absolute atomic E-state index is 0.382. The molecule has 0 saturated heterocycles. The average Bonchev–Trinajstić information content (AvgIpc) is 3.29. The van der Waals surface area contributed by atoms with Gasteiger partial charge in [0.2, 0.25) is 0 Å². The highest BCUT2D eigenvalue weighted by Gasteiger charge is 2.05. The fourth-order valence-electron chi connectivity index (χ4n) is 1.56. The zero-order valence-electron chi connectivity index (χ0n) is 12.9. The summed E-state index contributed by atoms with van der Waals surface area (Å²) in [5.41, 5.74) is 0. The zero-order valence-corrected chi connectivity index (χ0v) is 14.6. The highest BCUT2D eigenvalue weighted by atomic mass is 33.1. The molecule has 0 spiro atoms. The van der Waals surface area contributed by atoms with E-state index < -0.39 is 12.2 Å². The Labute approximate surface area is 147 Å². The largest absolute Gasteiger partial charge is 0.449 e. The van der Waals surface area contributed by atoms with Crippen molar-refractivity contribution in [2.24, 2.45) is 0 Å². The third kappa shape index (κ3) is 6.67. The first-order chi connectivity index (χ1) is 11.8. The molecule has 0 N–H and O–H groups in total. The fraction of sp³-hybridized carbons (Fsp3) is 0.429. The lowest BCUT2D eigenvalue weighted by molar-refractivity contribution is 0.147. The number of rotatable bonds is 9. The molecule has 8 nitrogen and oxygen atoms in total. The van der Waals surface area contributed by atoms with Gasteiger partial charge in [0.1, 0.15) is 12.7 Å². The summed E-state index contributed by atoms with van der Waals surface area (Å²) in [4.78, 5) is 30.6. The smallest absolute Gasteiger partial charge is 0.419 e. The molecular weight excluding hydrogens is 352 g/mol. The Morgan fingerprint density at radius 1 is 0.833 bits per heavy atom. The summed E-state index contributed by atoms with van der Waals surface area (Å²) < 4.78 is 12.8. The monoisotopic (exact) mass is 370 g/mol. The van der Waals surface area contributed by atoms with Crippen molar-refractivity contribution >= 4 is 33.8 Å². The summed E-state index contributed by atoms with van der Waals surface area (Å²) in [7, 11) is 3.42. The van der Waals surface area contributed by atoms with Crippen LogP contribution in [0.4, 0.5) is 9.59 Å². The number of imidazole rings is 2. The summed E-state index contributed by atoms with van der Waals surface area (Å²) in [6, 6.07) is 0. The van der Waals surface area contributed by atoms with Crippen LogP contribution in [0.25, 0.3) is 0 Å². The normalized spacial score (nSPS) is 10.5. The SMILES string of the molecule is O=C(OCCCSSCCCOC(=O)n1ccnc1)n1ccnc1. The van der Waals surface area contributed by atoms with Crippen molar-refractivity contribution < 1.29 is 19.1 Å². The van der Waals surface area contributed by atoms with Crippen molar-refractivity contribution in [2.75, 3.05) is 24.7 Å². The maximum Gasteiger partial charge on any atom is 0.419 e. The molecule has 0 unspecified atom stereocenters. The number of ether oxygens (including phenoxy) is 2. The van der Waals surface area contributed by atoms with Crippen LogP contribution in [0.3, 0.4) is 0 Å². The Kier molecular flexibility index (Phi) is 8.25. The molecular formula is C14H18N4O4S2. The van der Waals surface area contributed by atoms with Gasteiger partial charge in [-0.1, -0.05) is 21.6 Å². The van der Waals surface area contributed by atoms with Gasteiger partial charge in [-0.3, -0.25) is 0 Å². The predicted molar refractivity (Wildman–Crippen MR) is 92.1 cm³/mol. The van der Waals surface area contributed by atoms with Gasteiger partial charge in [0.15, 0.2) is 0 Å². The molecule has 0 radical (unpaired) electrons. The van der Waals surface area contributed by atoms with Crippen LogP contribution in [0, 0.1) is 0 Å². The van der Waals surface area contributed by atoms with Crippen molar-refractivity contribution in [1.29, 1.82) is 0 Å². The standard InChI is InChI=1S/C14H18N4O4S2/c19-13(17-5-3-15-11-17)21-7-1-9-23-24-10-2-8-22-14(20)18-6-4-16-12-18/h3-6,11-12H,1-2,7-10H2. The first-order valence-corrected chi connectivity index (χ1v) is 9.81. The van der Waals surface area contributed by atoms with Crippen LogP contribution in [0.15, 0.2) is 37.4 Å². The summed E-state index contributed by atoms with van der Waals surface area (Å²) >= 11 is 0. The highest BCUT2D eigenvalue weighted by Crippen LogP contribution is 2.22. The van der Waals surface area contributed by atoms with E-state index in [9.17, 15) is 9.59 Å². The van der Waals surface area contributed by atoms with Gasteiger partial charge in [0.05, 0.1) is 13.2 Å². The maximum absolute atomic E-state index is 11.5. The number of carbonyl (C=O) groups is 2. The first kappa shape index (κ1) is 18.4. The molecule has 130 valence electrons. The third-order valence-electron chi connectivity index (χ3n) is 2.71. The average molecular weight is 370 g/mol. The zero-order chi connectivity index (χ0) is 17.0. The quantitative estimate of drug-likeness (QED) is 0.492. The van der Waals surface area contributed by atoms with E-state index in [-0.39, 0.29) is 0 Å². The summed E-state index contributed by atoms with van der Waals surface area (Å²) in [5.74, 6) is 1.77. The van der Waals surface area contributed by atoms with Gasteiger partial charge >= 0.3 is 12.2 Å². The van der Waals surface area contributed by atoms with Crippen LogP contribution in [-0.4, -0.2) is 56.0 Å². The summed E-state index contributed by atoms with van der Waals surface area (Å²) in [6.45, 7) is 0.764. The van der Waals surface area contributed by atoms with Crippen molar-refractivity contribution in [1.82, 2.24) is 19.1 Å². The lowest BCUT2D eigenvalue weighted by Crippen LogP contribution is -2.12. The van der Waals surface area contributed by atoms with Gasteiger partial charge in [0, 0.05) is 36.3 Å². The van der Waals surface area contributed by atoms with E-state index in [0.717, 1.165) is 24.3 Å². The minimum atomic E-state index is -0.412. The molecule has 0 bridgehead atoms. The lowest BCUT2D eigenvalue weighted by Gasteiger charge is -2.05. The van der Waals surface area contributed by atoms with Crippen molar-refractivity contribution in [2.45, 2.75) is 12.8 Å². The number of hydrogen-bond donors (Lipinski definition) is 0. The molecule has 2 aromatic heterocycles.